The summed E-state index contributed by atoms with van der Waals surface area (Å²) in [6.07, 6.45) is 5.13. The highest BCUT2D eigenvalue weighted by Crippen LogP contribution is 2.20. The Bertz CT molecular complexity index is 269. The number of carboxylic acid groups (broad SMARTS) is 1. The average molecular weight is 261 g/mol. The third-order valence-corrected chi connectivity index (χ3v) is 4.17. The third-order valence-electron chi connectivity index (χ3n) is 3.84. The van der Waals surface area contributed by atoms with E-state index in [4.69, 9.17) is 16.7 Å². The van der Waals surface area contributed by atoms with Gasteiger partial charge in [0.25, 0.3) is 0 Å². The van der Waals surface area contributed by atoms with E-state index in [-0.39, 0.29) is 0 Å². The molecule has 2 aliphatic heterocycles. The van der Waals surface area contributed by atoms with E-state index >= 15 is 0 Å². The Morgan fingerprint density at radius 2 is 2.00 bits per heavy atom. The molecule has 0 aromatic rings. The molecule has 5 heteroatoms. The van der Waals surface area contributed by atoms with Crippen LogP contribution in [0, 0.1) is 0 Å². The molecule has 0 bridgehead atoms. The zero-order chi connectivity index (χ0) is 12.3. The van der Waals surface area contributed by atoms with Crippen molar-refractivity contribution < 1.29 is 9.90 Å². The first-order valence-corrected chi connectivity index (χ1v) is 6.94. The summed E-state index contributed by atoms with van der Waals surface area (Å²) in [6.45, 7) is 4.86. The molecule has 1 N–H and O–H groups in total. The number of nitrogens with zero attached hydrogens (tertiary/aromatic N) is 2. The van der Waals surface area contributed by atoms with E-state index in [2.05, 4.69) is 9.80 Å². The van der Waals surface area contributed by atoms with Gasteiger partial charge in [-0.25, -0.2) is 0 Å². The fraction of sp³-hybridized carbons (Fsp3) is 0.917. The van der Waals surface area contributed by atoms with Gasteiger partial charge in [-0.05, 0) is 38.9 Å². The van der Waals surface area contributed by atoms with Gasteiger partial charge in [-0.2, -0.15) is 0 Å². The Hall–Kier alpha value is -0.320. The monoisotopic (exact) mass is 260 g/mol. The number of carbonyl (C=O) groups is 1. The summed E-state index contributed by atoms with van der Waals surface area (Å²) in [6, 6.07) is 0.618. The number of likely N-dealkylation sites (tertiary alicyclic amines) is 2. The molecule has 2 fully saturated rings. The van der Waals surface area contributed by atoms with Crippen LogP contribution in [0.2, 0.25) is 0 Å². The highest BCUT2D eigenvalue weighted by molar-refractivity contribution is 6.29. The molecule has 0 aromatic heterocycles. The van der Waals surface area contributed by atoms with Gasteiger partial charge in [-0.3, -0.25) is 14.6 Å². The second-order valence-corrected chi connectivity index (χ2v) is 5.63. The molecule has 0 aromatic carbocycles. The van der Waals surface area contributed by atoms with E-state index < -0.39 is 11.3 Å². The molecule has 2 heterocycles. The van der Waals surface area contributed by atoms with Crippen molar-refractivity contribution in [1.82, 2.24) is 9.80 Å². The normalized spacial score (nSPS) is 29.4. The van der Waals surface area contributed by atoms with Crippen LogP contribution in [0.1, 0.15) is 25.7 Å². The van der Waals surface area contributed by atoms with Crippen molar-refractivity contribution in [3.8, 4) is 0 Å². The molecule has 98 valence electrons. The van der Waals surface area contributed by atoms with Gasteiger partial charge in [0.15, 0.2) is 0 Å². The van der Waals surface area contributed by atoms with E-state index in [1.807, 2.05) is 0 Å². The third kappa shape index (κ3) is 3.57. The quantitative estimate of drug-likeness (QED) is 0.773. The zero-order valence-electron chi connectivity index (χ0n) is 10.1. The predicted molar refractivity (Wildman–Crippen MR) is 67.5 cm³/mol. The summed E-state index contributed by atoms with van der Waals surface area (Å²) in [7, 11) is 0. The number of hydrogen-bond acceptors (Lipinski definition) is 3. The minimum absolute atomic E-state index is 0.473. The maximum Gasteiger partial charge on any atom is 0.322 e. The van der Waals surface area contributed by atoms with E-state index in [0.29, 0.717) is 12.6 Å². The van der Waals surface area contributed by atoms with Crippen molar-refractivity contribution in [2.24, 2.45) is 0 Å². The minimum atomic E-state index is -0.909. The van der Waals surface area contributed by atoms with Crippen LogP contribution in [0.5, 0.6) is 0 Å². The molecule has 2 rings (SSSR count). The number of aliphatic carboxylic acids is 1. The molecule has 0 aliphatic carbocycles. The number of piperidine rings is 1. The van der Waals surface area contributed by atoms with E-state index in [0.717, 1.165) is 19.5 Å². The second kappa shape index (κ2) is 6.03. The van der Waals surface area contributed by atoms with Crippen molar-refractivity contribution in [2.45, 2.75) is 37.1 Å². The van der Waals surface area contributed by atoms with Crippen molar-refractivity contribution >= 4 is 17.6 Å². The maximum absolute atomic E-state index is 10.7. The summed E-state index contributed by atoms with van der Waals surface area (Å²) < 4.78 is 0. The van der Waals surface area contributed by atoms with Gasteiger partial charge >= 0.3 is 5.97 Å². The number of halogens is 1. The molecule has 2 atom stereocenters. The van der Waals surface area contributed by atoms with Gasteiger partial charge in [0, 0.05) is 19.1 Å². The average Bonchev–Trinajstić information content (AvgIpc) is 2.78. The smallest absolute Gasteiger partial charge is 0.322 e. The van der Waals surface area contributed by atoms with Crippen LogP contribution in [-0.2, 0) is 4.79 Å². The van der Waals surface area contributed by atoms with Gasteiger partial charge in [0.2, 0.25) is 0 Å². The van der Waals surface area contributed by atoms with E-state index in [1.54, 1.807) is 0 Å². The Morgan fingerprint density at radius 3 is 2.65 bits per heavy atom. The number of carboxylic acids is 1. The van der Waals surface area contributed by atoms with Crippen molar-refractivity contribution in [1.29, 1.82) is 0 Å². The first-order valence-electron chi connectivity index (χ1n) is 6.50. The van der Waals surface area contributed by atoms with Crippen LogP contribution in [-0.4, -0.2) is 65.0 Å². The van der Waals surface area contributed by atoms with Gasteiger partial charge in [-0.15, -0.1) is 11.6 Å². The van der Waals surface area contributed by atoms with Gasteiger partial charge in [0.1, 0.15) is 5.38 Å². The summed E-state index contributed by atoms with van der Waals surface area (Å²) >= 11 is 5.77. The van der Waals surface area contributed by atoms with Crippen molar-refractivity contribution in [3.05, 3.63) is 0 Å². The van der Waals surface area contributed by atoms with Crippen LogP contribution in [0.25, 0.3) is 0 Å². The lowest BCUT2D eigenvalue weighted by molar-refractivity contribution is -0.136. The summed E-state index contributed by atoms with van der Waals surface area (Å²) in [5.74, 6) is -0.909. The number of alkyl halides is 1. The molecular formula is C12H21ClN2O2. The van der Waals surface area contributed by atoms with Crippen LogP contribution >= 0.6 is 11.6 Å². The standard InChI is InChI=1S/C12H21ClN2O2/c13-11(12(16)17)9-14-7-4-10(8-14)15-5-2-1-3-6-15/h10-11H,1-9H2,(H,16,17). The Morgan fingerprint density at radius 1 is 1.29 bits per heavy atom. The molecule has 4 nitrogen and oxygen atoms in total. The lowest BCUT2D eigenvalue weighted by Gasteiger charge is -2.32. The van der Waals surface area contributed by atoms with E-state index in [1.165, 1.54) is 32.4 Å². The molecular weight excluding hydrogens is 240 g/mol. The van der Waals surface area contributed by atoms with E-state index in [9.17, 15) is 4.79 Å². The molecule has 2 saturated heterocycles. The fourth-order valence-corrected chi connectivity index (χ4v) is 3.06. The highest BCUT2D eigenvalue weighted by atomic mass is 35.5. The second-order valence-electron chi connectivity index (χ2n) is 5.10. The fourth-order valence-electron chi connectivity index (χ4n) is 2.86. The highest BCUT2D eigenvalue weighted by Gasteiger charge is 2.30. The molecule has 0 spiro atoms. The van der Waals surface area contributed by atoms with Crippen LogP contribution in [0.3, 0.4) is 0 Å². The van der Waals surface area contributed by atoms with Crippen molar-refractivity contribution in [3.63, 3.8) is 0 Å². The van der Waals surface area contributed by atoms with Crippen LogP contribution in [0.4, 0.5) is 0 Å². The van der Waals surface area contributed by atoms with Gasteiger partial charge in [-0.1, -0.05) is 6.42 Å². The first kappa shape index (κ1) is 13.1. The molecule has 2 aliphatic rings. The van der Waals surface area contributed by atoms with Crippen LogP contribution in [0.15, 0.2) is 0 Å². The molecule has 0 amide bonds. The Balaban J connectivity index is 1.76. The maximum atomic E-state index is 10.7. The van der Waals surface area contributed by atoms with Crippen molar-refractivity contribution in [2.75, 3.05) is 32.7 Å². The topological polar surface area (TPSA) is 43.8 Å². The van der Waals surface area contributed by atoms with Gasteiger partial charge in [0.05, 0.1) is 0 Å². The predicted octanol–water partition coefficient (Wildman–Crippen LogP) is 1.24. The summed E-state index contributed by atoms with van der Waals surface area (Å²) in [4.78, 5) is 15.4. The largest absolute Gasteiger partial charge is 0.480 e. The Labute approximate surface area is 108 Å². The molecule has 17 heavy (non-hydrogen) atoms. The lowest BCUT2D eigenvalue weighted by atomic mass is 10.1. The summed E-state index contributed by atoms with van der Waals surface area (Å²) in [5, 5.41) is 8.02. The first-order chi connectivity index (χ1) is 8.16. The molecule has 2 unspecified atom stereocenters. The lowest BCUT2D eigenvalue weighted by Crippen LogP contribution is -2.41. The number of hydrogen-bond donors (Lipinski definition) is 1. The van der Waals surface area contributed by atoms with Gasteiger partial charge < -0.3 is 5.11 Å². The summed E-state index contributed by atoms with van der Waals surface area (Å²) in [5.41, 5.74) is 0. The van der Waals surface area contributed by atoms with Crippen LogP contribution < -0.4 is 0 Å². The number of rotatable bonds is 4. The molecule has 0 radical (unpaired) electrons. The molecule has 0 saturated carbocycles. The zero-order valence-corrected chi connectivity index (χ0v) is 10.9. The Kier molecular flexibility index (Phi) is 4.65. The SMILES string of the molecule is O=C(O)C(Cl)CN1CCC(N2CCCCC2)C1. The minimum Gasteiger partial charge on any atom is -0.480 e.